The molecule has 2 aromatic carbocycles. The topological polar surface area (TPSA) is 131 Å². The standard InChI is InChI=1S/C30H14N10.C2H6.CH4.Cu/c1-3-9-17-15(7-1)23-33-25(17)37-29-22-20(12-6-14-32-22)28(40-29)36-24-16-8-2-4-10-18(16)26(34-24)38-30-21-19(11-5-13-31-21)27(35-23)39-30;1-2;;/h1-14H;1-2H3;1H4;/q-2;;;+2. The van der Waals surface area contributed by atoms with E-state index in [1.807, 2.05) is 86.6 Å². The number of benzene rings is 2. The van der Waals surface area contributed by atoms with Crippen LogP contribution in [-0.2, 0) is 17.1 Å². The van der Waals surface area contributed by atoms with Crippen LogP contribution < -0.4 is 9.97 Å². The molecule has 8 bridgehead atoms. The summed E-state index contributed by atoms with van der Waals surface area (Å²) in [7, 11) is 0. The van der Waals surface area contributed by atoms with Crippen LogP contribution in [0, 0.1) is 0 Å². The Balaban J connectivity index is 0.000000842. The predicted octanol–water partition coefficient (Wildman–Crippen LogP) is 6.58. The van der Waals surface area contributed by atoms with Crippen LogP contribution in [0.2, 0.25) is 0 Å². The van der Waals surface area contributed by atoms with Gasteiger partial charge in [-0.1, -0.05) is 69.8 Å². The molecule has 10 nitrogen and oxygen atoms in total. The van der Waals surface area contributed by atoms with Crippen molar-refractivity contribution < 1.29 is 17.1 Å². The fourth-order valence-electron chi connectivity index (χ4n) is 5.21. The van der Waals surface area contributed by atoms with Gasteiger partial charge in [0.05, 0.1) is 11.6 Å². The van der Waals surface area contributed by atoms with Crippen molar-refractivity contribution in [2.24, 2.45) is 0 Å². The summed E-state index contributed by atoms with van der Waals surface area (Å²) in [6, 6.07) is 23.3. The first-order valence-electron chi connectivity index (χ1n) is 13.6. The molecule has 0 aliphatic carbocycles. The number of pyridine rings is 2. The SMILES string of the molecule is C.CC.[Cu+2].c1cnc2c(c1)-c1nc-2nc2[n-]c(nc3nc(nc4[n-]c(n1)c1ccccc41)-c1ncccc1-3)c1ccccc21. The van der Waals surface area contributed by atoms with E-state index in [0.29, 0.717) is 57.3 Å². The molecule has 0 spiro atoms. The summed E-state index contributed by atoms with van der Waals surface area (Å²) in [6.45, 7) is 4.00. The number of aromatic nitrogens is 10. The van der Waals surface area contributed by atoms with Crippen LogP contribution in [0.5, 0.6) is 0 Å². The van der Waals surface area contributed by atoms with Crippen molar-refractivity contribution in [2.75, 3.05) is 0 Å². The van der Waals surface area contributed by atoms with Gasteiger partial charge in [-0.15, -0.1) is 0 Å². The van der Waals surface area contributed by atoms with Gasteiger partial charge in [-0.05, 0) is 45.8 Å². The number of hydrogen-bond acceptors (Lipinski definition) is 8. The Morgan fingerprint density at radius 3 is 1.14 bits per heavy atom. The number of hydrogen-bond donors (Lipinski definition) is 0. The summed E-state index contributed by atoms with van der Waals surface area (Å²) in [5.74, 6) is 1.82. The number of nitrogens with zero attached hydrogens (tertiary/aromatic N) is 10. The van der Waals surface area contributed by atoms with Crippen molar-refractivity contribution in [3.63, 3.8) is 0 Å². The van der Waals surface area contributed by atoms with Crippen LogP contribution in [0.3, 0.4) is 0 Å². The summed E-state index contributed by atoms with van der Waals surface area (Å²) in [6.07, 6.45) is 3.44. The van der Waals surface area contributed by atoms with Crippen LogP contribution >= 0.6 is 0 Å². The van der Waals surface area contributed by atoms with E-state index in [4.69, 9.17) is 39.9 Å². The maximum atomic E-state index is 4.89. The molecule has 0 unspecified atom stereocenters. The van der Waals surface area contributed by atoms with Gasteiger partial charge in [0.2, 0.25) is 0 Å². The quantitative estimate of drug-likeness (QED) is 0.171. The molecule has 7 heterocycles. The van der Waals surface area contributed by atoms with E-state index in [1.165, 1.54) is 0 Å². The number of fused-ring (bicyclic) bond motifs is 20. The Morgan fingerprint density at radius 2 is 0.773 bits per heavy atom. The predicted molar refractivity (Wildman–Crippen MR) is 168 cm³/mol. The third-order valence-corrected chi connectivity index (χ3v) is 7.03. The summed E-state index contributed by atoms with van der Waals surface area (Å²) >= 11 is 0. The molecule has 217 valence electrons. The van der Waals surface area contributed by atoms with Crippen molar-refractivity contribution in [2.45, 2.75) is 21.3 Å². The molecule has 2 aliphatic rings. The van der Waals surface area contributed by atoms with E-state index >= 15 is 0 Å². The van der Waals surface area contributed by atoms with E-state index in [0.717, 1.165) is 32.7 Å². The average molecular weight is 624 g/mol. The van der Waals surface area contributed by atoms with Gasteiger partial charge in [0.15, 0.2) is 0 Å². The second-order valence-electron chi connectivity index (χ2n) is 9.37. The Morgan fingerprint density at radius 1 is 0.432 bits per heavy atom. The van der Waals surface area contributed by atoms with Crippen LogP contribution in [0.15, 0.2) is 85.2 Å². The Labute approximate surface area is 262 Å². The minimum atomic E-state index is 0. The van der Waals surface area contributed by atoms with E-state index < -0.39 is 0 Å². The largest absolute Gasteiger partial charge is 2.00 e. The van der Waals surface area contributed by atoms with E-state index in [1.54, 1.807) is 12.4 Å². The average Bonchev–Trinajstić information content (AvgIpc) is 3.78. The zero-order chi connectivity index (χ0) is 28.2. The molecule has 0 saturated heterocycles. The molecule has 44 heavy (non-hydrogen) atoms. The van der Waals surface area contributed by atoms with Crippen LogP contribution in [0.1, 0.15) is 21.3 Å². The zero-order valence-electron chi connectivity index (χ0n) is 22.9. The summed E-state index contributed by atoms with van der Waals surface area (Å²) < 4.78 is 0. The fourth-order valence-corrected chi connectivity index (χ4v) is 5.21. The third-order valence-electron chi connectivity index (χ3n) is 7.03. The summed E-state index contributed by atoms with van der Waals surface area (Å²) in [5, 5.41) is 3.40. The van der Waals surface area contributed by atoms with Crippen molar-refractivity contribution >= 4 is 44.1 Å². The Hall–Kier alpha value is -5.38. The maximum absolute atomic E-state index is 4.89. The molecule has 9 rings (SSSR count). The molecule has 0 N–H and O–H groups in total. The molecular formula is C33H24CuN10. The molecule has 0 saturated carbocycles. The second-order valence-corrected chi connectivity index (χ2v) is 9.37. The first kappa shape index (κ1) is 28.7. The summed E-state index contributed by atoms with van der Waals surface area (Å²) in [5.41, 5.74) is 4.82. The molecule has 0 atom stereocenters. The van der Waals surface area contributed by atoms with E-state index in [2.05, 4.69) is 9.97 Å². The Bertz CT molecular complexity index is 2040. The summed E-state index contributed by atoms with van der Waals surface area (Å²) in [4.78, 5) is 47.9. The monoisotopic (exact) mass is 623 g/mol. The van der Waals surface area contributed by atoms with Crippen LogP contribution in [0.4, 0.5) is 0 Å². The van der Waals surface area contributed by atoms with Crippen molar-refractivity contribution in [1.29, 1.82) is 0 Å². The minimum absolute atomic E-state index is 0. The van der Waals surface area contributed by atoms with Crippen molar-refractivity contribution in [3.05, 3.63) is 85.2 Å². The third kappa shape index (κ3) is 4.41. The smallest absolute Gasteiger partial charge is 0.357 e. The van der Waals surface area contributed by atoms with Gasteiger partial charge in [0.1, 0.15) is 23.0 Å². The Kier molecular flexibility index (Phi) is 7.42. The zero-order valence-corrected chi connectivity index (χ0v) is 23.8. The number of rotatable bonds is 0. The van der Waals surface area contributed by atoms with Gasteiger partial charge in [0, 0.05) is 46.1 Å². The van der Waals surface area contributed by atoms with Gasteiger partial charge < -0.3 is 29.9 Å². The van der Waals surface area contributed by atoms with Crippen molar-refractivity contribution in [3.8, 4) is 45.8 Å². The van der Waals surface area contributed by atoms with E-state index in [9.17, 15) is 0 Å². The second kappa shape index (κ2) is 11.4. The van der Waals surface area contributed by atoms with Crippen molar-refractivity contribution in [1.82, 2.24) is 49.8 Å². The molecule has 1 radical (unpaired) electrons. The molecule has 11 heteroatoms. The van der Waals surface area contributed by atoms with Gasteiger partial charge in [-0.25, -0.2) is 9.97 Å². The molecule has 0 amide bonds. The van der Waals surface area contributed by atoms with Gasteiger partial charge in [-0.2, -0.15) is 0 Å². The maximum Gasteiger partial charge on any atom is 2.00 e. The molecule has 2 aliphatic heterocycles. The van der Waals surface area contributed by atoms with Crippen LogP contribution in [-0.4, -0.2) is 39.9 Å². The van der Waals surface area contributed by atoms with E-state index in [-0.39, 0.29) is 24.5 Å². The molecule has 7 aromatic rings. The molecule has 5 aromatic heterocycles. The van der Waals surface area contributed by atoms with Gasteiger partial charge in [-0.3, -0.25) is 9.97 Å². The first-order chi connectivity index (χ1) is 20.8. The molecular weight excluding hydrogens is 600 g/mol. The van der Waals surface area contributed by atoms with Gasteiger partial charge in [0.25, 0.3) is 0 Å². The fraction of sp³-hybridized carbons (Fsp3) is 0.0909. The van der Waals surface area contributed by atoms with Gasteiger partial charge >= 0.3 is 17.1 Å². The van der Waals surface area contributed by atoms with Crippen LogP contribution in [0.25, 0.3) is 89.9 Å². The normalized spacial score (nSPS) is 11.0. The molecule has 0 fully saturated rings. The first-order valence-corrected chi connectivity index (χ1v) is 13.6. The minimum Gasteiger partial charge on any atom is -0.357 e.